The Morgan fingerprint density at radius 3 is 2.63 bits per heavy atom. The first-order chi connectivity index (χ1) is 12.7. The van der Waals surface area contributed by atoms with Crippen molar-refractivity contribution in [2.24, 2.45) is 0 Å². The van der Waals surface area contributed by atoms with E-state index in [0.717, 1.165) is 26.2 Å². The number of alkyl halides is 3. The summed E-state index contributed by atoms with van der Waals surface area (Å²) in [6.07, 6.45) is 1.39. The summed E-state index contributed by atoms with van der Waals surface area (Å²) in [5.41, 5.74) is 2.52. The number of rotatable bonds is 3. The Morgan fingerprint density at radius 1 is 1.19 bits per heavy atom. The van der Waals surface area contributed by atoms with Gasteiger partial charge in [0.2, 0.25) is 10.0 Å². The largest absolute Gasteiger partial charge is 0.404 e. The van der Waals surface area contributed by atoms with Gasteiger partial charge in [0.05, 0.1) is 11.7 Å². The minimum atomic E-state index is -4.73. The summed E-state index contributed by atoms with van der Waals surface area (Å²) < 4.78 is 62.5. The smallest absolute Gasteiger partial charge is 0.360 e. The molecule has 1 aliphatic heterocycles. The predicted molar refractivity (Wildman–Crippen MR) is 94.8 cm³/mol. The third-order valence-electron chi connectivity index (χ3n) is 4.96. The predicted octanol–water partition coefficient (Wildman–Crippen LogP) is 3.18. The van der Waals surface area contributed by atoms with Gasteiger partial charge in [-0.05, 0) is 36.5 Å². The maximum atomic E-state index is 12.5. The molecule has 10 heteroatoms. The first-order valence-corrected chi connectivity index (χ1v) is 10.1. The number of aromatic amines is 1. The van der Waals surface area contributed by atoms with E-state index < -0.39 is 22.0 Å². The number of piperidine rings is 1. The summed E-state index contributed by atoms with van der Waals surface area (Å²) in [4.78, 5) is 11.7. The SMILES string of the molecule is O=S(=O)(CC(F)(F)F)N1CCC(c2cc[nH]c3cnc4nccc4c23)CC1. The van der Waals surface area contributed by atoms with Gasteiger partial charge in [0.15, 0.2) is 11.4 Å². The molecule has 144 valence electrons. The highest BCUT2D eigenvalue weighted by Crippen LogP contribution is 2.36. The molecule has 0 amide bonds. The van der Waals surface area contributed by atoms with Crippen LogP contribution in [0.2, 0.25) is 0 Å². The molecule has 0 aromatic carbocycles. The van der Waals surface area contributed by atoms with E-state index in [-0.39, 0.29) is 19.0 Å². The maximum Gasteiger partial charge on any atom is 0.404 e. The van der Waals surface area contributed by atoms with Crippen LogP contribution in [0.25, 0.3) is 21.9 Å². The lowest BCUT2D eigenvalue weighted by atomic mass is 9.88. The van der Waals surface area contributed by atoms with Gasteiger partial charge in [0.25, 0.3) is 0 Å². The van der Waals surface area contributed by atoms with E-state index in [9.17, 15) is 21.6 Å². The van der Waals surface area contributed by atoms with Crippen molar-refractivity contribution in [2.45, 2.75) is 24.9 Å². The molecule has 0 atom stereocenters. The summed E-state index contributed by atoms with van der Waals surface area (Å²) in [5, 5.41) is 1.89. The van der Waals surface area contributed by atoms with Crippen LogP contribution in [0, 0.1) is 0 Å². The van der Waals surface area contributed by atoms with E-state index in [4.69, 9.17) is 0 Å². The third-order valence-corrected chi connectivity index (χ3v) is 6.80. The molecule has 0 bridgehead atoms. The van der Waals surface area contributed by atoms with Crippen LogP contribution in [0.3, 0.4) is 0 Å². The van der Waals surface area contributed by atoms with E-state index in [2.05, 4.69) is 15.0 Å². The monoisotopic (exact) mass is 398 g/mol. The van der Waals surface area contributed by atoms with Crippen LogP contribution >= 0.6 is 0 Å². The zero-order chi connectivity index (χ0) is 19.2. The number of H-pyrrole nitrogens is 1. The number of nitrogens with one attached hydrogen (secondary N) is 1. The van der Waals surface area contributed by atoms with Crippen LogP contribution in [0.5, 0.6) is 0 Å². The molecule has 1 aliphatic rings. The molecule has 0 spiro atoms. The van der Waals surface area contributed by atoms with Gasteiger partial charge in [-0.1, -0.05) is 0 Å². The fraction of sp³-hybridized carbons (Fsp3) is 0.412. The molecule has 4 heterocycles. The molecule has 0 aliphatic carbocycles. The van der Waals surface area contributed by atoms with Crippen LogP contribution in [-0.4, -0.2) is 52.7 Å². The lowest BCUT2D eigenvalue weighted by molar-refractivity contribution is -0.107. The van der Waals surface area contributed by atoms with Crippen molar-refractivity contribution in [3.8, 4) is 0 Å². The summed E-state index contributed by atoms with van der Waals surface area (Å²) in [5.74, 6) is -1.75. The van der Waals surface area contributed by atoms with Gasteiger partial charge < -0.3 is 4.98 Å². The second-order valence-electron chi connectivity index (χ2n) is 6.71. The van der Waals surface area contributed by atoms with Gasteiger partial charge in [0.1, 0.15) is 0 Å². The molecule has 4 rings (SSSR count). The first kappa shape index (κ1) is 18.2. The van der Waals surface area contributed by atoms with Crippen molar-refractivity contribution in [3.63, 3.8) is 0 Å². The molecule has 3 aromatic heterocycles. The average Bonchev–Trinajstić information content (AvgIpc) is 3.08. The molecular formula is C17H17F3N4O2S. The molecule has 1 N–H and O–H groups in total. The zero-order valence-corrected chi connectivity index (χ0v) is 15.0. The lowest BCUT2D eigenvalue weighted by Gasteiger charge is -2.32. The van der Waals surface area contributed by atoms with Crippen molar-refractivity contribution in [1.29, 1.82) is 0 Å². The molecule has 27 heavy (non-hydrogen) atoms. The van der Waals surface area contributed by atoms with E-state index in [1.807, 2.05) is 12.1 Å². The number of aromatic nitrogens is 3. The fourth-order valence-corrected chi connectivity index (χ4v) is 5.13. The number of fused-ring (bicyclic) bond motifs is 3. The highest BCUT2D eigenvalue weighted by atomic mass is 32.2. The standard InChI is InChI=1S/C17H17F3N4O2S/c18-17(19,20)10-27(25,26)24-7-3-11(4-8-24)12-1-5-21-14-9-23-16-13(15(12)14)2-6-22-16/h1-2,5-6,9,11,21H,3-4,7-8,10H2. The highest BCUT2D eigenvalue weighted by Gasteiger charge is 2.39. The number of halogens is 3. The second kappa shape index (κ2) is 6.45. The minimum absolute atomic E-state index is 0.0555. The van der Waals surface area contributed by atoms with Crippen molar-refractivity contribution in [3.05, 3.63) is 36.3 Å². The number of nitrogens with zero attached hydrogens (tertiary/aromatic N) is 3. The van der Waals surface area contributed by atoms with Crippen LogP contribution in [-0.2, 0) is 10.0 Å². The third kappa shape index (κ3) is 3.51. The Morgan fingerprint density at radius 2 is 1.93 bits per heavy atom. The van der Waals surface area contributed by atoms with E-state index in [1.165, 1.54) is 0 Å². The summed E-state index contributed by atoms with van der Waals surface area (Å²) in [7, 11) is -4.33. The molecular weight excluding hydrogens is 381 g/mol. The molecule has 0 saturated carbocycles. The Kier molecular flexibility index (Phi) is 4.34. The molecule has 6 nitrogen and oxygen atoms in total. The lowest BCUT2D eigenvalue weighted by Crippen LogP contribution is -2.42. The average molecular weight is 398 g/mol. The van der Waals surface area contributed by atoms with Crippen molar-refractivity contribution < 1.29 is 21.6 Å². The number of sulfonamides is 1. The summed E-state index contributed by atoms with van der Waals surface area (Å²) >= 11 is 0. The maximum absolute atomic E-state index is 12.5. The van der Waals surface area contributed by atoms with Gasteiger partial charge >= 0.3 is 6.18 Å². The van der Waals surface area contributed by atoms with Crippen LogP contribution in [0.4, 0.5) is 13.2 Å². The molecule has 0 radical (unpaired) electrons. The van der Waals surface area contributed by atoms with Gasteiger partial charge in [-0.3, -0.25) is 0 Å². The van der Waals surface area contributed by atoms with Gasteiger partial charge in [0, 0.05) is 36.3 Å². The highest BCUT2D eigenvalue weighted by molar-refractivity contribution is 7.89. The van der Waals surface area contributed by atoms with Crippen LogP contribution in [0.1, 0.15) is 24.3 Å². The fourth-order valence-electron chi connectivity index (χ4n) is 3.77. The van der Waals surface area contributed by atoms with Crippen LogP contribution in [0.15, 0.2) is 30.7 Å². The molecule has 3 aromatic rings. The van der Waals surface area contributed by atoms with Gasteiger partial charge in [-0.25, -0.2) is 22.7 Å². The van der Waals surface area contributed by atoms with E-state index in [0.29, 0.717) is 18.5 Å². The Bertz CT molecular complexity index is 1090. The van der Waals surface area contributed by atoms with Crippen molar-refractivity contribution in [2.75, 3.05) is 18.8 Å². The quantitative estimate of drug-likeness (QED) is 0.735. The normalized spacial score (nSPS) is 17.7. The topological polar surface area (TPSA) is 79.0 Å². The van der Waals surface area contributed by atoms with Crippen molar-refractivity contribution in [1.82, 2.24) is 19.3 Å². The Labute approximate surface area is 153 Å². The molecule has 0 unspecified atom stereocenters. The Balaban J connectivity index is 1.61. The second-order valence-corrected chi connectivity index (χ2v) is 8.68. The minimum Gasteiger partial charge on any atom is -0.360 e. The van der Waals surface area contributed by atoms with E-state index in [1.54, 1.807) is 18.6 Å². The number of hydrogen-bond donors (Lipinski definition) is 1. The van der Waals surface area contributed by atoms with E-state index >= 15 is 0 Å². The van der Waals surface area contributed by atoms with Gasteiger partial charge in [-0.15, -0.1) is 0 Å². The summed E-state index contributed by atoms with van der Waals surface area (Å²) in [6, 6.07) is 3.82. The van der Waals surface area contributed by atoms with Gasteiger partial charge in [-0.2, -0.15) is 13.2 Å². The van der Waals surface area contributed by atoms with Crippen LogP contribution < -0.4 is 0 Å². The van der Waals surface area contributed by atoms with Crippen molar-refractivity contribution >= 4 is 32.0 Å². The molecule has 1 fully saturated rings. The zero-order valence-electron chi connectivity index (χ0n) is 14.2. The number of pyridine rings is 2. The number of hydrogen-bond acceptors (Lipinski definition) is 4. The molecule has 1 saturated heterocycles. The summed E-state index contributed by atoms with van der Waals surface area (Å²) in [6.45, 7) is 0.160. The Hall–Kier alpha value is -2.20. The first-order valence-electron chi connectivity index (χ1n) is 8.50.